The molecule has 2 aliphatic heterocycles. The third-order valence-corrected chi connectivity index (χ3v) is 5.68. The van der Waals surface area contributed by atoms with Crippen molar-refractivity contribution in [1.82, 2.24) is 19.8 Å². The van der Waals surface area contributed by atoms with Crippen molar-refractivity contribution in [2.75, 3.05) is 39.4 Å². The Hall–Kier alpha value is -1.70. The van der Waals surface area contributed by atoms with Gasteiger partial charge in [-0.05, 0) is 25.1 Å². The summed E-state index contributed by atoms with van der Waals surface area (Å²) in [7, 11) is 0. The normalized spacial score (nSPS) is 25.2. The minimum atomic E-state index is 0.0377. The Balaban J connectivity index is 1.45. The van der Waals surface area contributed by atoms with Crippen molar-refractivity contribution >= 4 is 17.2 Å². The summed E-state index contributed by atoms with van der Waals surface area (Å²) in [6.45, 7) is 5.65. The van der Waals surface area contributed by atoms with Crippen LogP contribution in [0.5, 0.6) is 0 Å². The summed E-state index contributed by atoms with van der Waals surface area (Å²) in [5, 5.41) is 3.17. The van der Waals surface area contributed by atoms with Gasteiger partial charge < -0.3 is 14.6 Å². The molecular formula is C17H22N4O2S. The number of aromatic nitrogens is 2. The highest BCUT2D eigenvalue weighted by atomic mass is 32.1. The van der Waals surface area contributed by atoms with Gasteiger partial charge in [0.15, 0.2) is 0 Å². The third-order valence-electron chi connectivity index (χ3n) is 4.92. The van der Waals surface area contributed by atoms with Crippen LogP contribution >= 0.6 is 11.3 Å². The average molecular weight is 346 g/mol. The molecule has 2 aromatic heterocycles. The molecule has 1 amide bonds. The molecule has 0 aromatic carbocycles. The lowest BCUT2D eigenvalue weighted by Crippen LogP contribution is -2.43. The first-order chi connectivity index (χ1) is 11.7. The van der Waals surface area contributed by atoms with Crippen LogP contribution in [-0.4, -0.2) is 65.1 Å². The van der Waals surface area contributed by atoms with Gasteiger partial charge in [-0.1, -0.05) is 0 Å². The Morgan fingerprint density at radius 3 is 3.17 bits per heavy atom. The van der Waals surface area contributed by atoms with Gasteiger partial charge in [-0.2, -0.15) is 0 Å². The van der Waals surface area contributed by atoms with E-state index in [-0.39, 0.29) is 11.3 Å². The van der Waals surface area contributed by atoms with E-state index < -0.39 is 0 Å². The molecule has 4 rings (SSSR count). The maximum absolute atomic E-state index is 12.7. The van der Waals surface area contributed by atoms with Gasteiger partial charge in [0.2, 0.25) is 0 Å². The van der Waals surface area contributed by atoms with Gasteiger partial charge in [0.05, 0.1) is 19.8 Å². The fraction of sp³-hybridized carbons (Fsp3) is 0.529. The summed E-state index contributed by atoms with van der Waals surface area (Å²) in [6.07, 6.45) is 4.72. The predicted octanol–water partition coefficient (Wildman–Crippen LogP) is 1.84. The second-order valence-electron chi connectivity index (χ2n) is 6.75. The van der Waals surface area contributed by atoms with Gasteiger partial charge in [0, 0.05) is 42.8 Å². The average Bonchev–Trinajstić information content (AvgIpc) is 3.30. The van der Waals surface area contributed by atoms with Crippen LogP contribution in [0.3, 0.4) is 0 Å². The maximum atomic E-state index is 12.7. The number of nitrogens with zero attached hydrogens (tertiary/aromatic N) is 3. The van der Waals surface area contributed by atoms with Gasteiger partial charge in [0.1, 0.15) is 10.7 Å². The number of hydrogen-bond acceptors (Lipinski definition) is 5. The quantitative estimate of drug-likeness (QED) is 0.921. The molecule has 0 bridgehead atoms. The zero-order valence-electron chi connectivity index (χ0n) is 13.6. The molecule has 1 spiro atoms. The van der Waals surface area contributed by atoms with Crippen LogP contribution in [0.15, 0.2) is 29.9 Å². The van der Waals surface area contributed by atoms with E-state index >= 15 is 0 Å². The lowest BCUT2D eigenvalue weighted by molar-refractivity contribution is 0.0641. The van der Waals surface area contributed by atoms with Gasteiger partial charge in [-0.3, -0.25) is 9.69 Å². The monoisotopic (exact) mass is 346 g/mol. The lowest BCUT2D eigenvalue weighted by atomic mass is 9.87. The molecule has 2 aromatic rings. The number of ether oxygens (including phenoxy) is 1. The number of aromatic amines is 1. The van der Waals surface area contributed by atoms with Crippen molar-refractivity contribution in [3.8, 4) is 0 Å². The molecule has 7 heteroatoms. The predicted molar refractivity (Wildman–Crippen MR) is 92.0 cm³/mol. The van der Waals surface area contributed by atoms with Crippen molar-refractivity contribution < 1.29 is 9.53 Å². The molecule has 24 heavy (non-hydrogen) atoms. The highest BCUT2D eigenvalue weighted by molar-refractivity contribution is 7.09. The number of nitrogens with one attached hydrogen (secondary N) is 1. The molecule has 1 unspecified atom stereocenters. The lowest BCUT2D eigenvalue weighted by Gasteiger charge is -2.31. The van der Waals surface area contributed by atoms with Crippen LogP contribution in [0.4, 0.5) is 0 Å². The SMILES string of the molecule is O=C(c1ccc[nH]1)N1CCOCC2(CCN(Cc3nccs3)C2)C1. The maximum Gasteiger partial charge on any atom is 0.270 e. The Morgan fingerprint density at radius 2 is 2.38 bits per heavy atom. The van der Waals surface area contributed by atoms with E-state index in [2.05, 4.69) is 14.9 Å². The highest BCUT2D eigenvalue weighted by Gasteiger charge is 2.42. The van der Waals surface area contributed by atoms with Crippen molar-refractivity contribution in [1.29, 1.82) is 0 Å². The minimum absolute atomic E-state index is 0.0377. The smallest absolute Gasteiger partial charge is 0.270 e. The first kappa shape index (κ1) is 15.8. The van der Waals surface area contributed by atoms with E-state index in [9.17, 15) is 4.79 Å². The number of rotatable bonds is 3. The molecule has 2 aliphatic rings. The summed E-state index contributed by atoms with van der Waals surface area (Å²) >= 11 is 1.70. The molecule has 1 N–H and O–H groups in total. The topological polar surface area (TPSA) is 61.5 Å². The van der Waals surface area contributed by atoms with Crippen LogP contribution in [0, 0.1) is 5.41 Å². The van der Waals surface area contributed by atoms with E-state index in [0.717, 1.165) is 44.2 Å². The first-order valence-electron chi connectivity index (χ1n) is 8.35. The van der Waals surface area contributed by atoms with Crippen LogP contribution in [0.1, 0.15) is 21.9 Å². The summed E-state index contributed by atoms with van der Waals surface area (Å²) < 4.78 is 5.87. The zero-order chi connectivity index (χ0) is 16.4. The fourth-order valence-corrected chi connectivity index (χ4v) is 4.39. The molecule has 0 aliphatic carbocycles. The molecule has 1 atom stereocenters. The standard InChI is InChI=1S/C17H22N4O2S/c22-16(14-2-1-4-18-14)21-7-8-23-13-17(12-21)3-6-20(11-17)10-15-19-5-9-24-15/h1-2,4-5,9,18H,3,6-8,10-13H2. The summed E-state index contributed by atoms with van der Waals surface area (Å²) in [5.41, 5.74) is 0.695. The number of carbonyl (C=O) groups excluding carboxylic acids is 1. The second kappa shape index (κ2) is 6.66. The molecule has 4 heterocycles. The minimum Gasteiger partial charge on any atom is -0.379 e. The Labute approximate surface area is 145 Å². The summed E-state index contributed by atoms with van der Waals surface area (Å²) in [4.78, 5) is 24.5. The van der Waals surface area contributed by atoms with Crippen molar-refractivity contribution in [3.63, 3.8) is 0 Å². The highest BCUT2D eigenvalue weighted by Crippen LogP contribution is 2.34. The third kappa shape index (κ3) is 3.24. The van der Waals surface area contributed by atoms with Crippen molar-refractivity contribution in [2.45, 2.75) is 13.0 Å². The molecular weight excluding hydrogens is 324 g/mol. The summed E-state index contributed by atoms with van der Waals surface area (Å²) in [6, 6.07) is 3.70. The van der Waals surface area contributed by atoms with E-state index in [1.807, 2.05) is 28.6 Å². The van der Waals surface area contributed by atoms with E-state index in [1.165, 1.54) is 0 Å². The van der Waals surface area contributed by atoms with Crippen molar-refractivity contribution in [2.24, 2.45) is 5.41 Å². The molecule has 0 radical (unpaired) electrons. The number of amides is 1. The number of hydrogen-bond donors (Lipinski definition) is 1. The second-order valence-corrected chi connectivity index (χ2v) is 7.73. The number of thiazole rings is 1. The number of likely N-dealkylation sites (tertiary alicyclic amines) is 1. The van der Waals surface area contributed by atoms with Crippen LogP contribution < -0.4 is 0 Å². The largest absolute Gasteiger partial charge is 0.379 e. The first-order valence-corrected chi connectivity index (χ1v) is 9.23. The number of carbonyl (C=O) groups is 1. The van der Waals surface area contributed by atoms with Gasteiger partial charge in [-0.25, -0.2) is 4.98 Å². The summed E-state index contributed by atoms with van der Waals surface area (Å²) in [5.74, 6) is 0.0725. The molecule has 0 saturated carbocycles. The van der Waals surface area contributed by atoms with Gasteiger partial charge >= 0.3 is 0 Å². The van der Waals surface area contributed by atoms with E-state index in [1.54, 1.807) is 17.5 Å². The Kier molecular flexibility index (Phi) is 4.39. The fourth-order valence-electron chi connectivity index (χ4n) is 3.73. The zero-order valence-corrected chi connectivity index (χ0v) is 14.4. The van der Waals surface area contributed by atoms with Crippen molar-refractivity contribution in [3.05, 3.63) is 40.6 Å². The molecule has 2 fully saturated rings. The van der Waals surface area contributed by atoms with Crippen LogP contribution in [0.2, 0.25) is 0 Å². The molecule has 128 valence electrons. The number of H-pyrrole nitrogens is 1. The van der Waals surface area contributed by atoms with Crippen LogP contribution in [0.25, 0.3) is 0 Å². The Bertz CT molecular complexity index is 673. The van der Waals surface area contributed by atoms with Crippen LogP contribution in [-0.2, 0) is 11.3 Å². The van der Waals surface area contributed by atoms with Gasteiger partial charge in [0.25, 0.3) is 5.91 Å². The molecule has 2 saturated heterocycles. The molecule has 6 nitrogen and oxygen atoms in total. The van der Waals surface area contributed by atoms with E-state index in [4.69, 9.17) is 4.74 Å². The van der Waals surface area contributed by atoms with Gasteiger partial charge in [-0.15, -0.1) is 11.3 Å². The Morgan fingerprint density at radius 1 is 1.42 bits per heavy atom. The van der Waals surface area contributed by atoms with E-state index in [0.29, 0.717) is 18.8 Å².